The van der Waals surface area contributed by atoms with Crippen LogP contribution in [0.1, 0.15) is 16.7 Å². The molecule has 0 aliphatic carbocycles. The molecule has 1 aromatic heterocycles. The van der Waals surface area contributed by atoms with E-state index in [9.17, 15) is 0 Å². The number of aliphatic hydroxyl groups is 1. The lowest BCUT2D eigenvalue weighted by atomic mass is 10.1. The summed E-state index contributed by atoms with van der Waals surface area (Å²) in [5.41, 5.74) is 7.58. The first-order valence-corrected chi connectivity index (χ1v) is 5.97. The zero-order chi connectivity index (χ0) is 14.5. The Bertz CT molecular complexity index is 641. The zero-order valence-corrected chi connectivity index (χ0v) is 10.9. The van der Waals surface area contributed by atoms with Crippen molar-refractivity contribution in [3.05, 3.63) is 53.2 Å². The van der Waals surface area contributed by atoms with E-state index in [1.165, 1.54) is 0 Å². The fourth-order valence-electron chi connectivity index (χ4n) is 1.79. The normalized spacial score (nSPS) is 11.4. The lowest BCUT2D eigenvalue weighted by Crippen LogP contribution is -2.16. The van der Waals surface area contributed by atoms with Crippen molar-refractivity contribution < 1.29 is 15.1 Å². The molecule has 6 nitrogen and oxygen atoms in total. The highest BCUT2D eigenvalue weighted by Crippen LogP contribution is 2.25. The van der Waals surface area contributed by atoms with Crippen LogP contribution in [0.5, 0.6) is 11.6 Å². The number of rotatable bonds is 4. The average Bonchev–Trinajstić information content (AvgIpc) is 2.47. The Labute approximate surface area is 116 Å². The molecular weight excluding hydrogens is 258 g/mol. The van der Waals surface area contributed by atoms with Gasteiger partial charge >= 0.3 is 0 Å². The van der Waals surface area contributed by atoms with E-state index in [0.29, 0.717) is 11.3 Å². The van der Waals surface area contributed by atoms with Gasteiger partial charge in [-0.2, -0.15) is 0 Å². The van der Waals surface area contributed by atoms with Crippen LogP contribution in [0.2, 0.25) is 0 Å². The van der Waals surface area contributed by atoms with Crippen LogP contribution >= 0.6 is 0 Å². The van der Waals surface area contributed by atoms with Crippen molar-refractivity contribution in [2.75, 3.05) is 0 Å². The number of benzene rings is 1. The van der Waals surface area contributed by atoms with Crippen molar-refractivity contribution in [1.82, 2.24) is 4.98 Å². The highest BCUT2D eigenvalue weighted by molar-refractivity contribution is 6.00. The molecule has 1 aromatic carbocycles. The molecule has 4 N–H and O–H groups in total. The third kappa shape index (κ3) is 2.86. The number of nitrogens with zero attached hydrogens (tertiary/aromatic N) is 2. The van der Waals surface area contributed by atoms with E-state index < -0.39 is 0 Å². The monoisotopic (exact) mass is 273 g/mol. The summed E-state index contributed by atoms with van der Waals surface area (Å²) in [7, 11) is 0. The fraction of sp³-hybridized carbons (Fsp3) is 0.143. The molecule has 6 heteroatoms. The van der Waals surface area contributed by atoms with Gasteiger partial charge in [0.05, 0.1) is 12.2 Å². The van der Waals surface area contributed by atoms with Gasteiger partial charge in [-0.25, -0.2) is 4.98 Å². The van der Waals surface area contributed by atoms with Crippen LogP contribution in [0.4, 0.5) is 0 Å². The fourth-order valence-corrected chi connectivity index (χ4v) is 1.79. The Morgan fingerprint density at radius 2 is 2.20 bits per heavy atom. The second-order valence-electron chi connectivity index (χ2n) is 4.20. The van der Waals surface area contributed by atoms with Crippen LogP contribution < -0.4 is 10.5 Å². The number of pyridine rings is 1. The van der Waals surface area contributed by atoms with E-state index in [2.05, 4.69) is 10.1 Å². The number of hydrogen-bond acceptors (Lipinski definition) is 5. The number of ether oxygens (including phenoxy) is 1. The Morgan fingerprint density at radius 3 is 2.90 bits per heavy atom. The predicted octanol–water partition coefficient (Wildman–Crippen LogP) is 1.77. The van der Waals surface area contributed by atoms with Crippen LogP contribution in [-0.2, 0) is 6.61 Å². The van der Waals surface area contributed by atoms with E-state index in [1.54, 1.807) is 36.5 Å². The summed E-state index contributed by atoms with van der Waals surface area (Å²) in [5, 5.41) is 20.9. The van der Waals surface area contributed by atoms with Crippen molar-refractivity contribution in [3.63, 3.8) is 0 Å². The molecule has 0 aliphatic rings. The Morgan fingerprint density at radius 1 is 1.40 bits per heavy atom. The van der Waals surface area contributed by atoms with Crippen LogP contribution in [0.25, 0.3) is 0 Å². The highest BCUT2D eigenvalue weighted by Gasteiger charge is 2.14. The summed E-state index contributed by atoms with van der Waals surface area (Å²) in [6.45, 7) is 1.73. The number of nitrogens with two attached hydrogens (primary N) is 1. The van der Waals surface area contributed by atoms with Crippen molar-refractivity contribution in [2.24, 2.45) is 10.9 Å². The van der Waals surface area contributed by atoms with Gasteiger partial charge in [-0.05, 0) is 36.2 Å². The molecule has 0 unspecified atom stereocenters. The van der Waals surface area contributed by atoms with E-state index in [4.69, 9.17) is 20.8 Å². The third-order valence-corrected chi connectivity index (χ3v) is 2.78. The molecular formula is C14H15N3O3. The van der Waals surface area contributed by atoms with Gasteiger partial charge in [0.15, 0.2) is 5.84 Å². The lowest BCUT2D eigenvalue weighted by molar-refractivity contribution is 0.281. The molecule has 104 valence electrons. The number of aliphatic hydroxyl groups excluding tert-OH is 1. The molecule has 0 atom stereocenters. The quantitative estimate of drug-likeness (QED) is 0.341. The number of oxime groups is 1. The molecule has 2 aromatic rings. The van der Waals surface area contributed by atoms with Crippen molar-refractivity contribution in [3.8, 4) is 11.6 Å². The highest BCUT2D eigenvalue weighted by atomic mass is 16.5. The second kappa shape index (κ2) is 6.03. The minimum absolute atomic E-state index is 0.0658. The number of aryl methyl sites for hydroxylation is 1. The van der Waals surface area contributed by atoms with E-state index in [-0.39, 0.29) is 18.3 Å². The zero-order valence-electron chi connectivity index (χ0n) is 10.9. The van der Waals surface area contributed by atoms with Gasteiger partial charge in [0.25, 0.3) is 0 Å². The minimum atomic E-state index is -0.0778. The summed E-state index contributed by atoms with van der Waals surface area (Å²) in [4.78, 5) is 4.10. The molecule has 0 amide bonds. The molecule has 0 bridgehead atoms. The van der Waals surface area contributed by atoms with Gasteiger partial charge in [0.1, 0.15) is 5.75 Å². The molecule has 2 rings (SSSR count). The lowest BCUT2D eigenvalue weighted by Gasteiger charge is -2.11. The third-order valence-electron chi connectivity index (χ3n) is 2.78. The van der Waals surface area contributed by atoms with Gasteiger partial charge in [0, 0.05) is 6.20 Å². The second-order valence-corrected chi connectivity index (χ2v) is 4.20. The minimum Gasteiger partial charge on any atom is -0.438 e. The van der Waals surface area contributed by atoms with Crippen LogP contribution in [-0.4, -0.2) is 21.1 Å². The summed E-state index contributed by atoms with van der Waals surface area (Å²) in [6, 6.07) is 8.71. The number of amidine groups is 1. The first-order chi connectivity index (χ1) is 9.65. The topological polar surface area (TPSA) is 101 Å². The maximum absolute atomic E-state index is 9.11. The van der Waals surface area contributed by atoms with Crippen molar-refractivity contribution in [1.29, 1.82) is 0 Å². The Hall–Kier alpha value is -2.60. The largest absolute Gasteiger partial charge is 0.438 e. The first kappa shape index (κ1) is 13.8. The van der Waals surface area contributed by atoms with Crippen molar-refractivity contribution >= 4 is 5.84 Å². The maximum atomic E-state index is 9.11. The van der Waals surface area contributed by atoms with Gasteiger partial charge in [0.2, 0.25) is 5.88 Å². The van der Waals surface area contributed by atoms with Gasteiger partial charge in [-0.15, -0.1) is 0 Å². The van der Waals surface area contributed by atoms with Gasteiger partial charge in [-0.3, -0.25) is 0 Å². The van der Waals surface area contributed by atoms with E-state index >= 15 is 0 Å². The van der Waals surface area contributed by atoms with Crippen LogP contribution in [0.15, 0.2) is 41.7 Å². The van der Waals surface area contributed by atoms with Crippen LogP contribution in [0, 0.1) is 6.92 Å². The standard InChI is InChI=1S/C14H15N3O3/c1-9-5-6-16-14(12(9)13(15)17-19)20-11-4-2-3-10(7-11)8-18/h2-7,18-19H,8H2,1H3,(H2,15,17). The number of aromatic nitrogens is 1. The Kier molecular flexibility index (Phi) is 4.17. The summed E-state index contributed by atoms with van der Waals surface area (Å²) < 4.78 is 5.66. The summed E-state index contributed by atoms with van der Waals surface area (Å²) >= 11 is 0. The van der Waals surface area contributed by atoms with E-state index in [0.717, 1.165) is 11.1 Å². The van der Waals surface area contributed by atoms with Crippen LogP contribution in [0.3, 0.4) is 0 Å². The number of hydrogen-bond donors (Lipinski definition) is 3. The average molecular weight is 273 g/mol. The van der Waals surface area contributed by atoms with Gasteiger partial charge in [-0.1, -0.05) is 17.3 Å². The smallest absolute Gasteiger partial charge is 0.230 e. The van der Waals surface area contributed by atoms with E-state index in [1.807, 2.05) is 6.92 Å². The summed E-state index contributed by atoms with van der Waals surface area (Å²) in [6.07, 6.45) is 1.58. The maximum Gasteiger partial charge on any atom is 0.230 e. The molecule has 0 fully saturated rings. The molecule has 0 radical (unpaired) electrons. The van der Waals surface area contributed by atoms with Gasteiger partial charge < -0.3 is 20.8 Å². The molecule has 0 spiro atoms. The Balaban J connectivity index is 2.40. The molecule has 1 heterocycles. The molecule has 0 saturated carbocycles. The van der Waals surface area contributed by atoms with Crippen molar-refractivity contribution in [2.45, 2.75) is 13.5 Å². The molecule has 0 saturated heterocycles. The summed E-state index contributed by atoms with van der Waals surface area (Å²) in [5.74, 6) is 0.695. The molecule has 20 heavy (non-hydrogen) atoms. The molecule has 0 aliphatic heterocycles. The first-order valence-electron chi connectivity index (χ1n) is 5.97. The predicted molar refractivity (Wildman–Crippen MR) is 73.9 cm³/mol. The SMILES string of the molecule is Cc1ccnc(Oc2cccc(CO)c2)c1/C(N)=N/O.